The Kier molecular flexibility index (Phi) is 5.85. The van der Waals surface area contributed by atoms with Crippen LogP contribution in [0.4, 0.5) is 10.5 Å². The third kappa shape index (κ3) is 4.62. The van der Waals surface area contributed by atoms with E-state index >= 15 is 0 Å². The van der Waals surface area contributed by atoms with Crippen LogP contribution in [0.15, 0.2) is 42.5 Å². The van der Waals surface area contributed by atoms with Crippen LogP contribution in [0.25, 0.3) is 0 Å². The van der Waals surface area contributed by atoms with Gasteiger partial charge in [0.25, 0.3) is 0 Å². The van der Waals surface area contributed by atoms with Gasteiger partial charge in [0.1, 0.15) is 6.10 Å². The Bertz CT molecular complexity index is 469. The SMILES string of the molecule is C/C=C\CC1CC(OC(=O)Nc2ccccc2)C[C@H]1CC. The molecule has 1 aliphatic carbocycles. The standard InChI is InChI=1S/C18H25NO2/c1-3-5-9-15-13-17(12-14(15)4-2)21-18(20)19-16-10-7-6-8-11-16/h3,5-8,10-11,14-15,17H,4,9,12-13H2,1-2H3,(H,19,20)/b5-3-/t14-,15?,17?/m1/s1. The van der Waals surface area contributed by atoms with Crippen molar-refractivity contribution in [2.75, 3.05) is 5.32 Å². The highest BCUT2D eigenvalue weighted by molar-refractivity contribution is 5.84. The number of nitrogens with one attached hydrogen (secondary N) is 1. The van der Waals surface area contributed by atoms with Gasteiger partial charge in [0.15, 0.2) is 0 Å². The van der Waals surface area contributed by atoms with E-state index in [0.717, 1.165) is 31.4 Å². The number of ether oxygens (including phenoxy) is 1. The van der Waals surface area contributed by atoms with Crippen LogP contribution in [-0.4, -0.2) is 12.2 Å². The Labute approximate surface area is 127 Å². The second kappa shape index (κ2) is 7.87. The number of hydrogen-bond donors (Lipinski definition) is 1. The van der Waals surface area contributed by atoms with E-state index in [1.165, 1.54) is 0 Å². The lowest BCUT2D eigenvalue weighted by molar-refractivity contribution is 0.110. The first-order valence-corrected chi connectivity index (χ1v) is 7.86. The predicted molar refractivity (Wildman–Crippen MR) is 86.3 cm³/mol. The maximum absolute atomic E-state index is 11.9. The molecule has 2 rings (SSSR count). The number of rotatable bonds is 5. The molecule has 3 nitrogen and oxygen atoms in total. The Morgan fingerprint density at radius 3 is 2.67 bits per heavy atom. The molecule has 0 radical (unpaired) electrons. The molecule has 0 saturated heterocycles. The van der Waals surface area contributed by atoms with Crippen LogP contribution < -0.4 is 5.32 Å². The molecule has 1 N–H and O–H groups in total. The lowest BCUT2D eigenvalue weighted by atomic mass is 9.91. The van der Waals surface area contributed by atoms with Gasteiger partial charge in [-0.05, 0) is 50.2 Å². The van der Waals surface area contributed by atoms with Gasteiger partial charge in [-0.2, -0.15) is 0 Å². The Hall–Kier alpha value is -1.77. The van der Waals surface area contributed by atoms with Crippen molar-refractivity contribution in [3.63, 3.8) is 0 Å². The fourth-order valence-electron chi connectivity index (χ4n) is 3.17. The molecule has 1 aromatic carbocycles. The van der Waals surface area contributed by atoms with Gasteiger partial charge in [-0.3, -0.25) is 5.32 Å². The highest BCUT2D eigenvalue weighted by Crippen LogP contribution is 2.38. The van der Waals surface area contributed by atoms with E-state index in [2.05, 4.69) is 31.3 Å². The summed E-state index contributed by atoms with van der Waals surface area (Å²) in [7, 11) is 0. The van der Waals surface area contributed by atoms with Crippen molar-refractivity contribution in [1.29, 1.82) is 0 Å². The molecule has 114 valence electrons. The molecule has 3 heteroatoms. The third-order valence-electron chi connectivity index (χ3n) is 4.29. The molecule has 3 atom stereocenters. The number of benzene rings is 1. The van der Waals surface area contributed by atoms with E-state index in [1.807, 2.05) is 30.3 Å². The maximum Gasteiger partial charge on any atom is 0.411 e. The van der Waals surface area contributed by atoms with E-state index in [0.29, 0.717) is 11.8 Å². The Morgan fingerprint density at radius 2 is 2.00 bits per heavy atom. The topological polar surface area (TPSA) is 38.3 Å². The van der Waals surface area contributed by atoms with E-state index in [4.69, 9.17) is 4.74 Å². The fourth-order valence-corrected chi connectivity index (χ4v) is 3.17. The molecule has 0 spiro atoms. The van der Waals surface area contributed by atoms with Gasteiger partial charge in [0, 0.05) is 5.69 Å². The summed E-state index contributed by atoms with van der Waals surface area (Å²) in [5.41, 5.74) is 0.776. The molecule has 0 aliphatic heterocycles. The number of carbonyl (C=O) groups excluding carboxylic acids is 1. The summed E-state index contributed by atoms with van der Waals surface area (Å²) in [6.45, 7) is 4.27. The minimum absolute atomic E-state index is 0.0499. The smallest absolute Gasteiger partial charge is 0.411 e. The van der Waals surface area contributed by atoms with Crippen molar-refractivity contribution in [2.24, 2.45) is 11.8 Å². The van der Waals surface area contributed by atoms with Crippen LogP contribution in [0, 0.1) is 11.8 Å². The zero-order valence-electron chi connectivity index (χ0n) is 12.9. The first kappa shape index (κ1) is 15.6. The number of hydrogen-bond acceptors (Lipinski definition) is 2. The number of carbonyl (C=O) groups is 1. The van der Waals surface area contributed by atoms with Crippen LogP contribution in [0.2, 0.25) is 0 Å². The minimum Gasteiger partial charge on any atom is -0.446 e. The molecule has 0 bridgehead atoms. The average Bonchev–Trinajstić information content (AvgIpc) is 2.87. The fraction of sp³-hybridized carbons (Fsp3) is 0.500. The van der Waals surface area contributed by atoms with E-state index in [-0.39, 0.29) is 12.2 Å². The van der Waals surface area contributed by atoms with Gasteiger partial charge in [-0.1, -0.05) is 43.7 Å². The number of anilines is 1. The molecule has 1 amide bonds. The van der Waals surface area contributed by atoms with E-state index < -0.39 is 0 Å². The summed E-state index contributed by atoms with van der Waals surface area (Å²) >= 11 is 0. The summed E-state index contributed by atoms with van der Waals surface area (Å²) in [6, 6.07) is 9.43. The van der Waals surface area contributed by atoms with Gasteiger partial charge >= 0.3 is 6.09 Å². The van der Waals surface area contributed by atoms with Gasteiger partial charge in [0.05, 0.1) is 0 Å². The van der Waals surface area contributed by atoms with Crippen molar-refractivity contribution in [3.8, 4) is 0 Å². The third-order valence-corrected chi connectivity index (χ3v) is 4.29. The summed E-state index contributed by atoms with van der Waals surface area (Å²) in [5, 5.41) is 2.78. The monoisotopic (exact) mass is 287 g/mol. The molecule has 1 aromatic rings. The normalized spacial score (nSPS) is 25.1. The summed E-state index contributed by atoms with van der Waals surface area (Å²) in [4.78, 5) is 11.9. The number of amides is 1. The van der Waals surface area contributed by atoms with Crippen molar-refractivity contribution < 1.29 is 9.53 Å². The Morgan fingerprint density at radius 1 is 1.29 bits per heavy atom. The second-order valence-corrected chi connectivity index (χ2v) is 5.72. The van der Waals surface area contributed by atoms with Crippen molar-refractivity contribution in [1.82, 2.24) is 0 Å². The molecular formula is C18H25NO2. The quantitative estimate of drug-likeness (QED) is 0.773. The van der Waals surface area contributed by atoms with Crippen LogP contribution in [0.5, 0.6) is 0 Å². The maximum atomic E-state index is 11.9. The molecular weight excluding hydrogens is 262 g/mol. The summed E-state index contributed by atoms with van der Waals surface area (Å²) in [5.74, 6) is 1.30. The molecule has 2 unspecified atom stereocenters. The lowest BCUT2D eigenvalue weighted by Gasteiger charge is -2.14. The largest absolute Gasteiger partial charge is 0.446 e. The van der Waals surface area contributed by atoms with Crippen molar-refractivity contribution in [2.45, 2.75) is 45.6 Å². The van der Waals surface area contributed by atoms with Gasteiger partial charge in [0.2, 0.25) is 0 Å². The average molecular weight is 287 g/mol. The molecule has 21 heavy (non-hydrogen) atoms. The van der Waals surface area contributed by atoms with Crippen LogP contribution in [0.3, 0.4) is 0 Å². The highest BCUT2D eigenvalue weighted by atomic mass is 16.6. The van der Waals surface area contributed by atoms with Crippen molar-refractivity contribution >= 4 is 11.8 Å². The first-order valence-electron chi connectivity index (χ1n) is 7.86. The van der Waals surface area contributed by atoms with Crippen LogP contribution in [-0.2, 0) is 4.74 Å². The zero-order valence-corrected chi connectivity index (χ0v) is 12.9. The summed E-state index contributed by atoms with van der Waals surface area (Å²) in [6.07, 6.45) is 8.24. The highest BCUT2D eigenvalue weighted by Gasteiger charge is 2.34. The van der Waals surface area contributed by atoms with Gasteiger partial charge in [-0.25, -0.2) is 4.79 Å². The predicted octanol–water partition coefficient (Wildman–Crippen LogP) is 5.01. The molecule has 1 fully saturated rings. The van der Waals surface area contributed by atoms with E-state index in [9.17, 15) is 4.79 Å². The van der Waals surface area contributed by atoms with Crippen LogP contribution in [0.1, 0.15) is 39.5 Å². The lowest BCUT2D eigenvalue weighted by Crippen LogP contribution is -2.20. The molecule has 0 aromatic heterocycles. The molecule has 1 saturated carbocycles. The molecule has 1 aliphatic rings. The van der Waals surface area contributed by atoms with Crippen molar-refractivity contribution in [3.05, 3.63) is 42.5 Å². The first-order chi connectivity index (χ1) is 10.2. The number of allylic oxidation sites excluding steroid dienone is 2. The van der Waals surface area contributed by atoms with Crippen LogP contribution >= 0.6 is 0 Å². The number of para-hydroxylation sites is 1. The summed E-state index contributed by atoms with van der Waals surface area (Å²) < 4.78 is 5.58. The minimum atomic E-state index is -0.340. The van der Waals surface area contributed by atoms with Gasteiger partial charge in [-0.15, -0.1) is 0 Å². The zero-order chi connectivity index (χ0) is 15.1. The van der Waals surface area contributed by atoms with E-state index in [1.54, 1.807) is 0 Å². The van der Waals surface area contributed by atoms with Gasteiger partial charge < -0.3 is 4.74 Å². The molecule has 0 heterocycles. The second-order valence-electron chi connectivity index (χ2n) is 5.72. The Balaban J connectivity index is 1.84.